The Labute approximate surface area is 193 Å². The second kappa shape index (κ2) is 13.4. The molecule has 0 amide bonds. The number of unbranched alkanes of at least 4 members (excludes halogenated alkanes) is 1. The van der Waals surface area contributed by atoms with Gasteiger partial charge in [0.25, 0.3) is 0 Å². The first-order valence-electron chi connectivity index (χ1n) is 11.3. The quantitative estimate of drug-likeness (QED) is 0.516. The maximum Gasteiger partial charge on any atom is 0.130 e. The molecular weight excluding hydrogens is 408 g/mol. The fourth-order valence-corrected chi connectivity index (χ4v) is 3.96. The third-order valence-electron chi connectivity index (χ3n) is 5.69. The van der Waals surface area contributed by atoms with Gasteiger partial charge in [0.1, 0.15) is 11.5 Å². The number of halogens is 1. The molecule has 0 unspecified atom stereocenters. The maximum atomic E-state index is 10.9. The Morgan fingerprint density at radius 3 is 2.42 bits per heavy atom. The molecule has 0 aliphatic carbocycles. The lowest BCUT2D eigenvalue weighted by Crippen LogP contribution is -2.46. The number of Topliss-reactive ketones (excluding diaryl/α,β-unsaturated/α-hetero) is 1. The summed E-state index contributed by atoms with van der Waals surface area (Å²) in [5.41, 5.74) is 3.59. The van der Waals surface area contributed by atoms with E-state index in [0.29, 0.717) is 6.42 Å². The van der Waals surface area contributed by atoms with Crippen LogP contribution in [-0.2, 0) is 11.2 Å². The summed E-state index contributed by atoms with van der Waals surface area (Å²) in [6.07, 6.45) is 3.96. The van der Waals surface area contributed by atoms with Gasteiger partial charge in [-0.15, -0.1) is 0 Å². The molecule has 0 saturated carbocycles. The van der Waals surface area contributed by atoms with Crippen LogP contribution < -0.4 is 9.64 Å². The second-order valence-electron chi connectivity index (χ2n) is 8.12. The largest absolute Gasteiger partial charge is 0.496 e. The first kappa shape index (κ1) is 25.2. The van der Waals surface area contributed by atoms with Crippen LogP contribution in [0, 0.1) is 6.92 Å². The molecule has 0 atom stereocenters. The van der Waals surface area contributed by atoms with E-state index >= 15 is 0 Å². The molecule has 1 aliphatic rings. The van der Waals surface area contributed by atoms with Crippen molar-refractivity contribution in [3.63, 3.8) is 0 Å². The summed E-state index contributed by atoms with van der Waals surface area (Å²) in [6.45, 7) is 11.7. The third-order valence-corrected chi connectivity index (χ3v) is 5.92. The number of piperazine rings is 1. The molecule has 5 heteroatoms. The topological polar surface area (TPSA) is 32.8 Å². The number of ether oxygens (including phenoxy) is 1. The lowest BCUT2D eigenvalue weighted by molar-refractivity contribution is -0.116. The third kappa shape index (κ3) is 8.54. The Morgan fingerprint density at radius 2 is 1.81 bits per heavy atom. The minimum Gasteiger partial charge on any atom is -0.496 e. The highest BCUT2D eigenvalue weighted by atomic mass is 35.5. The van der Waals surface area contributed by atoms with Gasteiger partial charge in [-0.1, -0.05) is 43.1 Å². The lowest BCUT2D eigenvalue weighted by atomic mass is 10.0. The van der Waals surface area contributed by atoms with Crippen LogP contribution in [0.3, 0.4) is 0 Å². The van der Waals surface area contributed by atoms with Crippen LogP contribution in [-0.4, -0.2) is 50.5 Å². The molecule has 3 rings (SSSR count). The van der Waals surface area contributed by atoms with Crippen LogP contribution in [0.15, 0.2) is 42.5 Å². The zero-order valence-electron chi connectivity index (χ0n) is 19.5. The number of anilines is 1. The molecule has 0 spiro atoms. The zero-order chi connectivity index (χ0) is 22.6. The van der Waals surface area contributed by atoms with Gasteiger partial charge in [0.2, 0.25) is 0 Å². The molecule has 2 aromatic rings. The van der Waals surface area contributed by atoms with Crippen molar-refractivity contribution in [2.24, 2.45) is 0 Å². The SMILES string of the molecule is CCCCN1CCN(c2cccc(Cl)c2)CC1.COc1cccc(C)c1CCC(C)=O. The first-order chi connectivity index (χ1) is 14.9. The number of rotatable bonds is 8. The first-order valence-corrected chi connectivity index (χ1v) is 11.7. The number of hydrogen-bond acceptors (Lipinski definition) is 4. The van der Waals surface area contributed by atoms with Gasteiger partial charge in [0, 0.05) is 43.3 Å². The van der Waals surface area contributed by atoms with E-state index in [1.54, 1.807) is 14.0 Å². The normalized spacial score (nSPS) is 14.0. The highest BCUT2D eigenvalue weighted by Gasteiger charge is 2.16. The maximum absolute atomic E-state index is 10.9. The minimum atomic E-state index is 0.218. The second-order valence-corrected chi connectivity index (χ2v) is 8.56. The van der Waals surface area contributed by atoms with E-state index in [0.717, 1.165) is 35.8 Å². The molecule has 0 bridgehead atoms. The smallest absolute Gasteiger partial charge is 0.130 e. The average Bonchev–Trinajstić information content (AvgIpc) is 2.77. The van der Waals surface area contributed by atoms with Crippen LogP contribution in [0.1, 0.15) is 44.2 Å². The van der Waals surface area contributed by atoms with Crippen molar-refractivity contribution in [2.45, 2.75) is 46.5 Å². The van der Waals surface area contributed by atoms with E-state index in [9.17, 15) is 4.79 Å². The van der Waals surface area contributed by atoms with Crippen molar-refractivity contribution in [3.8, 4) is 5.75 Å². The van der Waals surface area contributed by atoms with Crippen molar-refractivity contribution in [1.29, 1.82) is 0 Å². The van der Waals surface area contributed by atoms with Gasteiger partial charge in [-0.05, 0) is 68.6 Å². The molecule has 0 N–H and O–H groups in total. The molecule has 2 aromatic carbocycles. The standard InChI is InChI=1S/C14H21ClN2.C12H16O2/c1-2-3-7-16-8-10-17(11-9-16)14-6-4-5-13(15)12-14;1-9-5-4-6-12(14-3)11(9)8-7-10(2)13/h4-6,12H,2-3,7-11H2,1H3;4-6H,7-8H2,1-3H3. The van der Waals surface area contributed by atoms with Gasteiger partial charge in [-0.3, -0.25) is 4.90 Å². The lowest BCUT2D eigenvalue weighted by Gasteiger charge is -2.36. The van der Waals surface area contributed by atoms with Crippen molar-refractivity contribution in [2.75, 3.05) is 44.7 Å². The number of carbonyl (C=O) groups excluding carboxylic acids is 1. The van der Waals surface area contributed by atoms with E-state index in [2.05, 4.69) is 28.9 Å². The van der Waals surface area contributed by atoms with Crippen molar-refractivity contribution in [1.82, 2.24) is 4.90 Å². The fourth-order valence-electron chi connectivity index (χ4n) is 3.77. The summed E-state index contributed by atoms with van der Waals surface area (Å²) >= 11 is 6.02. The van der Waals surface area contributed by atoms with Gasteiger partial charge in [0.15, 0.2) is 0 Å². The molecule has 1 aliphatic heterocycles. The summed E-state index contributed by atoms with van der Waals surface area (Å²) in [7, 11) is 1.66. The molecule has 1 saturated heterocycles. The number of carbonyl (C=O) groups is 1. The molecule has 4 nitrogen and oxygen atoms in total. The van der Waals surface area contributed by atoms with Gasteiger partial charge in [0.05, 0.1) is 7.11 Å². The highest BCUT2D eigenvalue weighted by molar-refractivity contribution is 6.30. The predicted octanol–water partition coefficient (Wildman–Crippen LogP) is 5.79. The van der Waals surface area contributed by atoms with Crippen LogP contribution >= 0.6 is 11.6 Å². The molecule has 31 heavy (non-hydrogen) atoms. The Bertz CT molecular complexity index is 817. The number of benzene rings is 2. The van der Waals surface area contributed by atoms with E-state index in [4.69, 9.17) is 16.3 Å². The van der Waals surface area contributed by atoms with Crippen molar-refractivity contribution < 1.29 is 9.53 Å². The zero-order valence-corrected chi connectivity index (χ0v) is 20.3. The number of hydrogen-bond donors (Lipinski definition) is 0. The predicted molar refractivity (Wildman–Crippen MR) is 132 cm³/mol. The summed E-state index contributed by atoms with van der Waals surface area (Å²) in [6, 6.07) is 14.1. The van der Waals surface area contributed by atoms with Gasteiger partial charge < -0.3 is 14.4 Å². The Hall–Kier alpha value is -2.04. The summed E-state index contributed by atoms with van der Waals surface area (Å²) in [5.74, 6) is 1.10. The van der Waals surface area contributed by atoms with Gasteiger partial charge in [-0.2, -0.15) is 0 Å². The monoisotopic (exact) mass is 444 g/mol. The van der Waals surface area contributed by atoms with E-state index in [-0.39, 0.29) is 5.78 Å². The molecule has 1 fully saturated rings. The van der Waals surface area contributed by atoms with Crippen LogP contribution in [0.2, 0.25) is 5.02 Å². The fraction of sp³-hybridized carbons (Fsp3) is 0.500. The van der Waals surface area contributed by atoms with Gasteiger partial charge >= 0.3 is 0 Å². The number of nitrogens with zero attached hydrogens (tertiary/aromatic N) is 2. The van der Waals surface area contributed by atoms with E-state index in [1.165, 1.54) is 43.7 Å². The number of aryl methyl sites for hydroxylation is 1. The van der Waals surface area contributed by atoms with E-state index < -0.39 is 0 Å². The Morgan fingerprint density at radius 1 is 1.10 bits per heavy atom. The van der Waals surface area contributed by atoms with Crippen LogP contribution in [0.5, 0.6) is 5.75 Å². The van der Waals surface area contributed by atoms with Crippen LogP contribution in [0.25, 0.3) is 0 Å². The van der Waals surface area contributed by atoms with Gasteiger partial charge in [-0.25, -0.2) is 0 Å². The highest BCUT2D eigenvalue weighted by Crippen LogP contribution is 2.23. The summed E-state index contributed by atoms with van der Waals surface area (Å²) in [4.78, 5) is 15.9. The molecule has 0 aromatic heterocycles. The minimum absolute atomic E-state index is 0.218. The van der Waals surface area contributed by atoms with E-state index in [1.807, 2.05) is 37.3 Å². The Balaban J connectivity index is 0.000000225. The summed E-state index contributed by atoms with van der Waals surface area (Å²) in [5, 5.41) is 0.830. The van der Waals surface area contributed by atoms with Crippen LogP contribution in [0.4, 0.5) is 5.69 Å². The molecular formula is C26H37ClN2O2. The molecule has 170 valence electrons. The molecule has 1 heterocycles. The number of methoxy groups -OCH3 is 1. The van der Waals surface area contributed by atoms with Crippen molar-refractivity contribution in [3.05, 3.63) is 58.6 Å². The summed E-state index contributed by atoms with van der Waals surface area (Å²) < 4.78 is 5.25. The number of ketones is 1. The molecule has 0 radical (unpaired) electrons. The Kier molecular flexibility index (Phi) is 10.9. The van der Waals surface area contributed by atoms with Crippen molar-refractivity contribution >= 4 is 23.1 Å². The average molecular weight is 445 g/mol.